The fourth-order valence-corrected chi connectivity index (χ4v) is 5.70. The number of hydrogen-bond donors (Lipinski definition) is 2. The van der Waals surface area contributed by atoms with E-state index in [9.17, 15) is 10.5 Å². The van der Waals surface area contributed by atoms with Gasteiger partial charge in [0.15, 0.2) is 10.8 Å². The summed E-state index contributed by atoms with van der Waals surface area (Å²) in [6.45, 7) is 2.32. The molecule has 3 fully saturated rings. The normalized spacial score (nSPS) is 47.3. The third kappa shape index (κ3) is 1.31. The second-order valence-corrected chi connectivity index (χ2v) is 7.47. The largest absolute Gasteiger partial charge is 0.343 e. The van der Waals surface area contributed by atoms with Crippen molar-refractivity contribution in [2.45, 2.75) is 63.9 Å². The SMILES string of the molecule is C[C@@H]1CO[C@@]2([NH+]=C(N)[C@@]3(C#N)C4(CCCCCCC4)[C@@]23C#N)O1. The molecule has 4 rings (SSSR count). The van der Waals surface area contributed by atoms with Gasteiger partial charge in [0.2, 0.25) is 0 Å². The Balaban J connectivity index is 1.88. The first kappa shape index (κ1) is 14.9. The molecule has 0 aromatic rings. The Labute approximate surface area is 136 Å². The zero-order valence-corrected chi connectivity index (χ0v) is 13.5. The Morgan fingerprint density at radius 2 is 1.78 bits per heavy atom. The number of fused-ring (bicyclic) bond motifs is 4. The number of rotatable bonds is 0. The van der Waals surface area contributed by atoms with E-state index in [1.165, 1.54) is 6.42 Å². The van der Waals surface area contributed by atoms with Crippen LogP contribution in [0.25, 0.3) is 0 Å². The van der Waals surface area contributed by atoms with Gasteiger partial charge in [-0.3, -0.25) is 5.73 Å². The van der Waals surface area contributed by atoms with Crippen LogP contribution < -0.4 is 10.7 Å². The van der Waals surface area contributed by atoms with Crippen LogP contribution >= 0.6 is 0 Å². The second kappa shape index (κ2) is 4.47. The molecular weight excluding hydrogens is 292 g/mol. The van der Waals surface area contributed by atoms with Crippen LogP contribution in [0.3, 0.4) is 0 Å². The Morgan fingerprint density at radius 1 is 1.13 bits per heavy atom. The highest BCUT2D eigenvalue weighted by Crippen LogP contribution is 2.86. The molecule has 6 heteroatoms. The second-order valence-electron chi connectivity index (χ2n) is 7.47. The minimum Gasteiger partial charge on any atom is -0.311 e. The van der Waals surface area contributed by atoms with Gasteiger partial charge in [-0.25, -0.2) is 4.99 Å². The van der Waals surface area contributed by atoms with E-state index < -0.39 is 22.2 Å². The van der Waals surface area contributed by atoms with E-state index in [1.807, 2.05) is 6.92 Å². The molecule has 4 aliphatic rings. The molecule has 0 bridgehead atoms. The maximum atomic E-state index is 10.2. The lowest BCUT2D eigenvalue weighted by Crippen LogP contribution is -2.90. The first-order valence-corrected chi connectivity index (χ1v) is 8.61. The zero-order valence-electron chi connectivity index (χ0n) is 13.5. The van der Waals surface area contributed by atoms with Gasteiger partial charge in [-0.05, 0) is 19.8 Å². The molecule has 0 radical (unpaired) electrons. The monoisotopic (exact) mass is 315 g/mol. The van der Waals surface area contributed by atoms with E-state index >= 15 is 0 Å². The van der Waals surface area contributed by atoms with Crippen LogP contribution in [-0.2, 0) is 9.47 Å². The minimum atomic E-state index is -1.26. The van der Waals surface area contributed by atoms with E-state index in [1.54, 1.807) is 0 Å². The van der Waals surface area contributed by atoms with E-state index in [-0.39, 0.29) is 6.10 Å². The predicted octanol–water partition coefficient (Wildman–Crippen LogP) is 0.291. The van der Waals surface area contributed by atoms with Gasteiger partial charge in [0.05, 0.1) is 24.8 Å². The summed E-state index contributed by atoms with van der Waals surface area (Å²) < 4.78 is 12.0. The predicted molar refractivity (Wildman–Crippen MR) is 80.2 cm³/mol. The molecule has 0 amide bonds. The lowest BCUT2D eigenvalue weighted by molar-refractivity contribution is -0.680. The van der Waals surface area contributed by atoms with Gasteiger partial charge in [-0.2, -0.15) is 10.5 Å². The van der Waals surface area contributed by atoms with Crippen molar-refractivity contribution in [2.24, 2.45) is 22.0 Å². The van der Waals surface area contributed by atoms with Crippen LogP contribution in [0.2, 0.25) is 0 Å². The van der Waals surface area contributed by atoms with Gasteiger partial charge >= 0.3 is 5.91 Å². The number of nitrogens with one attached hydrogen (secondary N) is 1. The number of nitriles is 2. The number of nitrogens with two attached hydrogens (primary N) is 1. The van der Waals surface area contributed by atoms with Crippen LogP contribution in [0.1, 0.15) is 51.9 Å². The van der Waals surface area contributed by atoms with E-state index in [0.29, 0.717) is 12.4 Å². The standard InChI is InChI=1S/C17H22N4O2/c1-12-9-22-17(23-12)16(11-19)14(7-5-3-2-4-6-8-14)15(16,10-18)13(20)21-17/h12H,2-9H2,1H3,(H2,20,21)/p+1/t12-,15+,16-,17-/m1/s1. The van der Waals surface area contributed by atoms with Crippen LogP contribution in [0.4, 0.5) is 0 Å². The van der Waals surface area contributed by atoms with Gasteiger partial charge in [-0.15, -0.1) is 0 Å². The van der Waals surface area contributed by atoms with Crippen molar-refractivity contribution in [2.75, 3.05) is 6.61 Å². The highest BCUT2D eigenvalue weighted by molar-refractivity contribution is 5.95. The average molecular weight is 315 g/mol. The Kier molecular flexibility index (Phi) is 2.90. The van der Waals surface area contributed by atoms with Crippen molar-refractivity contribution in [1.82, 2.24) is 0 Å². The summed E-state index contributed by atoms with van der Waals surface area (Å²) >= 11 is 0. The molecule has 6 nitrogen and oxygen atoms in total. The highest BCUT2D eigenvalue weighted by Gasteiger charge is 3.03. The topological polar surface area (TPSA) is 106 Å². The molecule has 2 heterocycles. The number of ether oxygens (including phenoxy) is 2. The van der Waals surface area contributed by atoms with Gasteiger partial charge in [0.1, 0.15) is 0 Å². The molecule has 2 spiro atoms. The molecule has 0 aromatic carbocycles. The van der Waals surface area contributed by atoms with Gasteiger partial charge < -0.3 is 9.47 Å². The summed E-state index contributed by atoms with van der Waals surface area (Å²) in [5.41, 5.74) is 3.79. The smallest absolute Gasteiger partial charge is 0.311 e. The molecule has 2 aliphatic heterocycles. The lowest BCUT2D eigenvalue weighted by Gasteiger charge is -2.30. The fraction of sp³-hybridized carbons (Fsp3) is 0.824. The van der Waals surface area contributed by atoms with Crippen molar-refractivity contribution in [3.8, 4) is 12.1 Å². The number of hydrogen-bond acceptors (Lipinski definition) is 5. The summed E-state index contributed by atoms with van der Waals surface area (Å²) in [5, 5.41) is 20.3. The van der Waals surface area contributed by atoms with Crippen molar-refractivity contribution >= 4 is 5.84 Å². The summed E-state index contributed by atoms with van der Waals surface area (Å²) in [6, 6.07) is 4.89. The van der Waals surface area contributed by atoms with Crippen LogP contribution in [-0.4, -0.2) is 24.5 Å². The highest BCUT2D eigenvalue weighted by atomic mass is 16.8. The van der Waals surface area contributed by atoms with Gasteiger partial charge in [0, 0.05) is 5.41 Å². The van der Waals surface area contributed by atoms with Crippen molar-refractivity contribution in [3.05, 3.63) is 0 Å². The molecule has 0 aromatic heterocycles. The van der Waals surface area contributed by atoms with Crippen molar-refractivity contribution in [1.29, 1.82) is 10.5 Å². The third-order valence-corrected chi connectivity index (χ3v) is 6.56. The summed E-state index contributed by atoms with van der Waals surface area (Å²) in [7, 11) is 0. The minimum absolute atomic E-state index is 0.124. The zero-order chi connectivity index (χ0) is 16.3. The number of nitrogens with zero attached hydrogens (tertiary/aromatic N) is 2. The van der Waals surface area contributed by atoms with Crippen LogP contribution in [0.15, 0.2) is 0 Å². The Hall–Kier alpha value is -1.63. The third-order valence-electron chi connectivity index (χ3n) is 6.56. The molecule has 2 saturated carbocycles. The first-order valence-electron chi connectivity index (χ1n) is 8.61. The Morgan fingerprint density at radius 3 is 2.30 bits per heavy atom. The van der Waals surface area contributed by atoms with Crippen LogP contribution in [0, 0.1) is 38.9 Å². The maximum Gasteiger partial charge on any atom is 0.343 e. The van der Waals surface area contributed by atoms with E-state index in [2.05, 4.69) is 17.1 Å². The summed E-state index contributed by atoms with van der Waals surface area (Å²) in [6.07, 6.45) is 7.09. The summed E-state index contributed by atoms with van der Waals surface area (Å²) in [4.78, 5) is 3.06. The van der Waals surface area contributed by atoms with Crippen molar-refractivity contribution < 1.29 is 14.5 Å². The first-order chi connectivity index (χ1) is 11.1. The molecule has 0 unspecified atom stereocenters. The lowest BCUT2D eigenvalue weighted by atomic mass is 9.78. The number of amidine groups is 1. The molecule has 122 valence electrons. The quantitative estimate of drug-likeness (QED) is 0.668. The van der Waals surface area contributed by atoms with Crippen molar-refractivity contribution in [3.63, 3.8) is 0 Å². The van der Waals surface area contributed by atoms with Gasteiger partial charge in [0.25, 0.3) is 5.84 Å². The van der Waals surface area contributed by atoms with E-state index in [0.717, 1.165) is 38.5 Å². The average Bonchev–Trinajstić information content (AvgIpc) is 2.69. The molecule has 1 saturated heterocycles. The fourth-order valence-electron chi connectivity index (χ4n) is 5.70. The summed E-state index contributed by atoms with van der Waals surface area (Å²) in [5.74, 6) is -0.906. The Bertz CT molecular complexity index is 654. The van der Waals surface area contributed by atoms with Crippen LogP contribution in [0.5, 0.6) is 0 Å². The molecule has 2 aliphatic carbocycles. The molecule has 3 N–H and O–H groups in total. The molecular formula is C17H23N4O2+. The van der Waals surface area contributed by atoms with Gasteiger partial charge in [-0.1, -0.05) is 32.1 Å². The maximum absolute atomic E-state index is 10.2. The molecule has 4 atom stereocenters. The van der Waals surface area contributed by atoms with E-state index in [4.69, 9.17) is 15.2 Å². The molecule has 23 heavy (non-hydrogen) atoms.